The summed E-state index contributed by atoms with van der Waals surface area (Å²) in [5.74, 6) is 1.55. The highest BCUT2D eigenvalue weighted by atomic mass is 16.2. The van der Waals surface area contributed by atoms with Gasteiger partial charge in [-0.2, -0.15) is 0 Å². The molecule has 1 aliphatic rings. The van der Waals surface area contributed by atoms with Gasteiger partial charge in [-0.1, -0.05) is 32.0 Å². The van der Waals surface area contributed by atoms with Gasteiger partial charge in [0.25, 0.3) is 5.91 Å². The van der Waals surface area contributed by atoms with Crippen LogP contribution in [-0.2, 0) is 4.79 Å². The molecule has 1 saturated heterocycles. The van der Waals surface area contributed by atoms with Gasteiger partial charge in [-0.15, -0.1) is 0 Å². The van der Waals surface area contributed by atoms with Crippen LogP contribution in [0.25, 0.3) is 0 Å². The number of likely N-dealkylation sites (tertiary alicyclic amines) is 1. The lowest BCUT2D eigenvalue weighted by Gasteiger charge is -2.35. The number of para-hydroxylation sites is 1. The summed E-state index contributed by atoms with van der Waals surface area (Å²) in [7, 11) is 0. The zero-order chi connectivity index (χ0) is 13.8. The number of carbonyl (C=O) groups excluding carboxylic acids is 1. The Morgan fingerprint density at radius 2 is 1.79 bits per heavy atom. The summed E-state index contributed by atoms with van der Waals surface area (Å²) in [5, 5.41) is 3.01. The van der Waals surface area contributed by atoms with E-state index in [1.807, 2.05) is 37.3 Å². The number of carbonyl (C=O) groups is 1. The van der Waals surface area contributed by atoms with E-state index in [2.05, 4.69) is 19.2 Å². The van der Waals surface area contributed by atoms with Gasteiger partial charge in [-0.3, -0.25) is 4.79 Å². The Labute approximate surface area is 116 Å². The van der Waals surface area contributed by atoms with Crippen LogP contribution in [0, 0.1) is 11.8 Å². The van der Waals surface area contributed by atoms with Crippen molar-refractivity contribution >= 4 is 11.6 Å². The van der Waals surface area contributed by atoms with E-state index >= 15 is 0 Å². The van der Waals surface area contributed by atoms with E-state index in [0.717, 1.165) is 18.8 Å². The first-order valence-electron chi connectivity index (χ1n) is 7.26. The van der Waals surface area contributed by atoms with Crippen molar-refractivity contribution in [1.29, 1.82) is 0 Å². The SMILES string of the molecule is C[C@@H]1C[C@@H](C)C[NH+]([C@@H](C)C(=O)Nc2ccccc2)C1. The molecular formula is C16H25N2O+. The van der Waals surface area contributed by atoms with Crippen LogP contribution < -0.4 is 10.2 Å². The smallest absolute Gasteiger partial charge is 0.282 e. The topological polar surface area (TPSA) is 33.5 Å². The number of rotatable bonds is 3. The fourth-order valence-electron chi connectivity index (χ4n) is 3.14. The van der Waals surface area contributed by atoms with Crippen molar-refractivity contribution in [1.82, 2.24) is 0 Å². The van der Waals surface area contributed by atoms with E-state index in [0.29, 0.717) is 11.8 Å². The second kappa shape index (κ2) is 6.20. The highest BCUT2D eigenvalue weighted by molar-refractivity contribution is 5.93. The van der Waals surface area contributed by atoms with Crippen LogP contribution in [0.5, 0.6) is 0 Å². The molecule has 104 valence electrons. The Morgan fingerprint density at radius 3 is 2.37 bits per heavy atom. The van der Waals surface area contributed by atoms with Crippen LogP contribution in [0.3, 0.4) is 0 Å². The van der Waals surface area contributed by atoms with Gasteiger partial charge in [0.15, 0.2) is 6.04 Å². The molecule has 3 nitrogen and oxygen atoms in total. The molecule has 0 bridgehead atoms. The fourth-order valence-corrected chi connectivity index (χ4v) is 3.14. The van der Waals surface area contributed by atoms with E-state index in [1.165, 1.54) is 11.3 Å². The summed E-state index contributed by atoms with van der Waals surface area (Å²) in [6.45, 7) is 8.83. The summed E-state index contributed by atoms with van der Waals surface area (Å²) in [4.78, 5) is 13.7. The third kappa shape index (κ3) is 3.80. The lowest BCUT2D eigenvalue weighted by atomic mass is 9.91. The minimum absolute atomic E-state index is 0.0189. The Hall–Kier alpha value is -1.35. The minimum atomic E-state index is 0.0189. The number of hydrogen-bond donors (Lipinski definition) is 2. The van der Waals surface area contributed by atoms with E-state index in [9.17, 15) is 4.79 Å². The van der Waals surface area contributed by atoms with Crippen molar-refractivity contribution in [2.75, 3.05) is 18.4 Å². The quantitative estimate of drug-likeness (QED) is 0.851. The Kier molecular flexibility index (Phi) is 4.59. The molecule has 1 amide bonds. The van der Waals surface area contributed by atoms with Crippen molar-refractivity contribution < 1.29 is 9.69 Å². The lowest BCUT2D eigenvalue weighted by Crippen LogP contribution is -3.18. The third-order valence-electron chi connectivity index (χ3n) is 4.07. The molecular weight excluding hydrogens is 236 g/mol. The van der Waals surface area contributed by atoms with Crippen LogP contribution >= 0.6 is 0 Å². The van der Waals surface area contributed by atoms with E-state index in [1.54, 1.807) is 0 Å². The third-order valence-corrected chi connectivity index (χ3v) is 4.07. The summed E-state index contributed by atoms with van der Waals surface area (Å²) in [5.41, 5.74) is 0.886. The Balaban J connectivity index is 1.95. The summed E-state index contributed by atoms with van der Waals surface area (Å²) in [6, 6.07) is 9.72. The largest absolute Gasteiger partial charge is 0.324 e. The van der Waals surface area contributed by atoms with Gasteiger partial charge in [0.05, 0.1) is 13.1 Å². The van der Waals surface area contributed by atoms with E-state index in [4.69, 9.17) is 0 Å². The van der Waals surface area contributed by atoms with Gasteiger partial charge in [0, 0.05) is 17.5 Å². The number of benzene rings is 1. The molecule has 1 fully saturated rings. The molecule has 1 heterocycles. The van der Waals surface area contributed by atoms with Gasteiger partial charge in [0.2, 0.25) is 0 Å². The number of piperidine rings is 1. The first kappa shape index (κ1) is 14.1. The molecule has 0 unspecified atom stereocenters. The average molecular weight is 261 g/mol. The van der Waals surface area contributed by atoms with Gasteiger partial charge in [-0.25, -0.2) is 0 Å². The predicted molar refractivity (Wildman–Crippen MR) is 78.2 cm³/mol. The molecule has 19 heavy (non-hydrogen) atoms. The zero-order valence-corrected chi connectivity index (χ0v) is 12.1. The van der Waals surface area contributed by atoms with Crippen molar-refractivity contribution in [3.63, 3.8) is 0 Å². The number of amides is 1. The second-order valence-electron chi connectivity index (χ2n) is 6.09. The first-order valence-corrected chi connectivity index (χ1v) is 7.26. The Morgan fingerprint density at radius 1 is 1.21 bits per heavy atom. The predicted octanol–water partition coefficient (Wildman–Crippen LogP) is 1.57. The molecule has 0 aliphatic carbocycles. The number of anilines is 1. The van der Waals surface area contributed by atoms with Gasteiger partial charge < -0.3 is 10.2 Å². The normalized spacial score (nSPS) is 28.7. The molecule has 2 rings (SSSR count). The van der Waals surface area contributed by atoms with Crippen LogP contribution in [-0.4, -0.2) is 25.0 Å². The molecule has 3 heteroatoms. The van der Waals surface area contributed by atoms with Crippen molar-refractivity contribution in [3.05, 3.63) is 30.3 Å². The molecule has 1 aromatic rings. The highest BCUT2D eigenvalue weighted by Crippen LogP contribution is 2.12. The molecule has 0 spiro atoms. The molecule has 0 saturated carbocycles. The molecule has 2 N–H and O–H groups in total. The maximum atomic E-state index is 12.3. The number of nitrogens with one attached hydrogen (secondary N) is 2. The second-order valence-corrected chi connectivity index (χ2v) is 6.09. The summed E-state index contributed by atoms with van der Waals surface area (Å²) in [6.07, 6.45) is 1.29. The average Bonchev–Trinajstić information content (AvgIpc) is 2.37. The fraction of sp³-hybridized carbons (Fsp3) is 0.562. The molecule has 3 atom stereocenters. The van der Waals surface area contributed by atoms with Gasteiger partial charge >= 0.3 is 0 Å². The van der Waals surface area contributed by atoms with Gasteiger partial charge in [0.1, 0.15) is 0 Å². The van der Waals surface area contributed by atoms with Crippen LogP contribution in [0.15, 0.2) is 30.3 Å². The van der Waals surface area contributed by atoms with Crippen LogP contribution in [0.4, 0.5) is 5.69 Å². The van der Waals surface area contributed by atoms with Crippen molar-refractivity contribution in [2.24, 2.45) is 11.8 Å². The zero-order valence-electron chi connectivity index (χ0n) is 12.1. The van der Waals surface area contributed by atoms with E-state index < -0.39 is 0 Å². The van der Waals surface area contributed by atoms with E-state index in [-0.39, 0.29) is 11.9 Å². The number of hydrogen-bond acceptors (Lipinski definition) is 1. The summed E-state index contributed by atoms with van der Waals surface area (Å²) < 4.78 is 0. The highest BCUT2D eigenvalue weighted by Gasteiger charge is 2.32. The monoisotopic (exact) mass is 261 g/mol. The molecule has 0 radical (unpaired) electrons. The molecule has 1 aromatic carbocycles. The lowest BCUT2D eigenvalue weighted by molar-refractivity contribution is -0.925. The van der Waals surface area contributed by atoms with Crippen molar-refractivity contribution in [3.8, 4) is 0 Å². The number of quaternary nitrogens is 1. The molecule has 0 aromatic heterocycles. The maximum absolute atomic E-state index is 12.3. The van der Waals surface area contributed by atoms with Crippen LogP contribution in [0.1, 0.15) is 27.2 Å². The van der Waals surface area contributed by atoms with Crippen molar-refractivity contribution in [2.45, 2.75) is 33.2 Å². The summed E-state index contributed by atoms with van der Waals surface area (Å²) >= 11 is 0. The van der Waals surface area contributed by atoms with Gasteiger partial charge in [-0.05, 0) is 25.5 Å². The maximum Gasteiger partial charge on any atom is 0.282 e. The minimum Gasteiger partial charge on any atom is -0.324 e. The first-order chi connectivity index (χ1) is 9.06. The molecule has 1 aliphatic heterocycles. The standard InChI is InChI=1S/C16H24N2O/c1-12-9-13(2)11-18(10-12)14(3)16(19)17-15-7-5-4-6-8-15/h4-8,12-14H,9-11H2,1-3H3,(H,17,19)/p+1/t12-,13-,14+/m1/s1. The Bertz CT molecular complexity index is 408. The van der Waals surface area contributed by atoms with Crippen LogP contribution in [0.2, 0.25) is 0 Å².